The van der Waals surface area contributed by atoms with Crippen LogP contribution in [-0.4, -0.2) is 21.4 Å². The number of carbonyl (C=O) groups is 1. The molecule has 0 fully saturated rings. The number of nitrogens with one attached hydrogen (secondary N) is 2. The maximum Gasteiger partial charge on any atom is 0.248 e. The summed E-state index contributed by atoms with van der Waals surface area (Å²) in [7, 11) is -2.09. The molecule has 0 spiro atoms. The quantitative estimate of drug-likeness (QED) is 0.813. The summed E-state index contributed by atoms with van der Waals surface area (Å²) in [6.07, 6.45) is 1.47. The van der Waals surface area contributed by atoms with Crippen LogP contribution >= 0.6 is 0 Å². The average molecular weight is 268 g/mol. The van der Waals surface area contributed by atoms with Crippen LogP contribution in [0.3, 0.4) is 0 Å². The first-order valence-electron chi connectivity index (χ1n) is 5.34. The molecule has 1 amide bonds. The molecule has 0 atom stereocenters. The number of rotatable bonds is 4. The van der Waals surface area contributed by atoms with Gasteiger partial charge in [-0.05, 0) is 45.2 Å². The van der Waals surface area contributed by atoms with Gasteiger partial charge >= 0.3 is 0 Å². The fourth-order valence-electron chi connectivity index (χ4n) is 1.28. The molecule has 6 heteroatoms. The molecular formula is C12H16N2O3S. The molecule has 98 valence electrons. The summed E-state index contributed by atoms with van der Waals surface area (Å²) in [5.41, 5.74) is 1.44. The Morgan fingerprint density at radius 3 is 2.17 bits per heavy atom. The number of anilines is 1. The van der Waals surface area contributed by atoms with E-state index in [1.54, 1.807) is 12.1 Å². The molecule has 0 aliphatic carbocycles. The van der Waals surface area contributed by atoms with Crippen molar-refractivity contribution in [2.24, 2.45) is 0 Å². The monoisotopic (exact) mass is 268 g/mol. The molecule has 1 rings (SSSR count). The normalized spacial score (nSPS) is 10.8. The van der Waals surface area contributed by atoms with Crippen molar-refractivity contribution in [2.45, 2.75) is 18.7 Å². The third kappa shape index (κ3) is 3.97. The third-order valence-corrected chi connectivity index (χ3v) is 3.55. The molecular weight excluding hydrogens is 252 g/mol. The van der Waals surface area contributed by atoms with Crippen LogP contribution in [0.5, 0.6) is 0 Å². The van der Waals surface area contributed by atoms with E-state index < -0.39 is 10.0 Å². The number of sulfonamides is 1. The van der Waals surface area contributed by atoms with E-state index >= 15 is 0 Å². The van der Waals surface area contributed by atoms with Crippen LogP contribution in [-0.2, 0) is 14.8 Å². The molecule has 0 bridgehead atoms. The lowest BCUT2D eigenvalue weighted by Crippen LogP contribution is -2.18. The maximum atomic E-state index is 11.5. The fraction of sp³-hybridized carbons (Fsp3) is 0.250. The fourth-order valence-corrected chi connectivity index (χ4v) is 2.01. The van der Waals surface area contributed by atoms with Crippen molar-refractivity contribution >= 4 is 21.6 Å². The predicted molar refractivity (Wildman–Crippen MR) is 70.7 cm³/mol. The summed E-state index contributed by atoms with van der Waals surface area (Å²) in [6, 6.07) is 5.95. The topological polar surface area (TPSA) is 75.3 Å². The van der Waals surface area contributed by atoms with Crippen molar-refractivity contribution < 1.29 is 13.2 Å². The van der Waals surface area contributed by atoms with E-state index in [-0.39, 0.29) is 10.8 Å². The Bertz CT molecular complexity index is 555. The number of hydrogen-bond acceptors (Lipinski definition) is 3. The van der Waals surface area contributed by atoms with E-state index in [0.29, 0.717) is 5.69 Å². The van der Waals surface area contributed by atoms with Crippen LogP contribution in [0.15, 0.2) is 40.8 Å². The lowest BCUT2D eigenvalue weighted by atomic mass is 10.3. The lowest BCUT2D eigenvalue weighted by molar-refractivity contribution is -0.111. The molecule has 0 heterocycles. The molecule has 18 heavy (non-hydrogen) atoms. The minimum absolute atomic E-state index is 0.158. The van der Waals surface area contributed by atoms with Gasteiger partial charge in [0.25, 0.3) is 0 Å². The summed E-state index contributed by atoms with van der Waals surface area (Å²) in [5, 5.41) is 2.64. The van der Waals surface area contributed by atoms with Gasteiger partial charge in [0.15, 0.2) is 0 Å². The van der Waals surface area contributed by atoms with E-state index in [1.165, 1.54) is 25.3 Å². The minimum atomic E-state index is -3.44. The van der Waals surface area contributed by atoms with Crippen LogP contribution in [0, 0.1) is 0 Å². The van der Waals surface area contributed by atoms with E-state index in [0.717, 1.165) is 5.57 Å². The summed E-state index contributed by atoms with van der Waals surface area (Å²) >= 11 is 0. The van der Waals surface area contributed by atoms with Crippen molar-refractivity contribution in [2.75, 3.05) is 12.4 Å². The van der Waals surface area contributed by atoms with E-state index in [4.69, 9.17) is 0 Å². The van der Waals surface area contributed by atoms with Gasteiger partial charge in [-0.3, -0.25) is 4.79 Å². The first-order chi connectivity index (χ1) is 8.35. The Hall–Kier alpha value is -1.66. The van der Waals surface area contributed by atoms with Gasteiger partial charge in [-0.2, -0.15) is 0 Å². The highest BCUT2D eigenvalue weighted by Crippen LogP contribution is 2.13. The van der Waals surface area contributed by atoms with Gasteiger partial charge in [-0.25, -0.2) is 13.1 Å². The van der Waals surface area contributed by atoms with Crippen LogP contribution in [0.25, 0.3) is 0 Å². The SMILES string of the molecule is CNS(=O)(=O)c1ccc(NC(=O)C=C(C)C)cc1. The highest BCUT2D eigenvalue weighted by atomic mass is 32.2. The highest BCUT2D eigenvalue weighted by Gasteiger charge is 2.10. The Labute approximate surface area is 107 Å². The van der Waals surface area contributed by atoms with Crippen molar-refractivity contribution in [3.05, 3.63) is 35.9 Å². The van der Waals surface area contributed by atoms with Gasteiger partial charge in [-0.15, -0.1) is 0 Å². The second-order valence-electron chi connectivity index (χ2n) is 3.94. The number of benzene rings is 1. The van der Waals surface area contributed by atoms with Crippen LogP contribution in [0.2, 0.25) is 0 Å². The van der Waals surface area contributed by atoms with E-state index in [9.17, 15) is 13.2 Å². The molecule has 0 saturated carbocycles. The van der Waals surface area contributed by atoms with Crippen molar-refractivity contribution in [1.82, 2.24) is 4.72 Å². The van der Waals surface area contributed by atoms with E-state index in [1.807, 2.05) is 13.8 Å². The van der Waals surface area contributed by atoms with Crippen LogP contribution in [0.1, 0.15) is 13.8 Å². The molecule has 1 aromatic rings. The Morgan fingerprint density at radius 2 is 1.72 bits per heavy atom. The molecule has 0 unspecified atom stereocenters. The Balaban J connectivity index is 2.85. The summed E-state index contributed by atoms with van der Waals surface area (Å²) < 4.78 is 25.2. The molecule has 0 aliphatic heterocycles. The zero-order valence-electron chi connectivity index (χ0n) is 10.5. The third-order valence-electron chi connectivity index (χ3n) is 2.12. The van der Waals surface area contributed by atoms with Crippen molar-refractivity contribution in [3.63, 3.8) is 0 Å². The van der Waals surface area contributed by atoms with Crippen molar-refractivity contribution in [1.29, 1.82) is 0 Å². The first kappa shape index (κ1) is 14.4. The molecule has 1 aromatic carbocycles. The first-order valence-corrected chi connectivity index (χ1v) is 6.83. The van der Waals surface area contributed by atoms with Gasteiger partial charge in [0.2, 0.25) is 15.9 Å². The minimum Gasteiger partial charge on any atom is -0.323 e. The van der Waals surface area contributed by atoms with Gasteiger partial charge in [0.1, 0.15) is 0 Å². The van der Waals surface area contributed by atoms with Crippen molar-refractivity contribution in [3.8, 4) is 0 Å². The van der Waals surface area contributed by atoms with Crippen LogP contribution < -0.4 is 10.0 Å². The smallest absolute Gasteiger partial charge is 0.248 e. The molecule has 0 saturated heterocycles. The number of hydrogen-bond donors (Lipinski definition) is 2. The second kappa shape index (κ2) is 5.79. The molecule has 0 radical (unpaired) electrons. The number of allylic oxidation sites excluding steroid dienone is 1. The highest BCUT2D eigenvalue weighted by molar-refractivity contribution is 7.89. The number of carbonyl (C=O) groups excluding carboxylic acids is 1. The van der Waals surface area contributed by atoms with Gasteiger partial charge < -0.3 is 5.32 Å². The van der Waals surface area contributed by atoms with Gasteiger partial charge in [0, 0.05) is 11.8 Å². The number of amides is 1. The molecule has 2 N–H and O–H groups in total. The average Bonchev–Trinajstić information content (AvgIpc) is 2.28. The largest absolute Gasteiger partial charge is 0.323 e. The molecule has 0 aromatic heterocycles. The summed E-state index contributed by atoms with van der Waals surface area (Å²) in [4.78, 5) is 11.6. The zero-order chi connectivity index (χ0) is 13.8. The zero-order valence-corrected chi connectivity index (χ0v) is 11.3. The van der Waals surface area contributed by atoms with Gasteiger partial charge in [0.05, 0.1) is 4.90 Å². The Morgan fingerprint density at radius 1 is 1.17 bits per heavy atom. The second-order valence-corrected chi connectivity index (χ2v) is 5.83. The standard InChI is InChI=1S/C12H16N2O3S/c1-9(2)8-12(15)14-10-4-6-11(7-5-10)18(16,17)13-3/h4-8,13H,1-3H3,(H,14,15). The summed E-state index contributed by atoms with van der Waals surface area (Å²) in [6.45, 7) is 3.64. The van der Waals surface area contributed by atoms with E-state index in [2.05, 4.69) is 10.0 Å². The predicted octanol–water partition coefficient (Wildman–Crippen LogP) is 1.50. The maximum absolute atomic E-state index is 11.5. The Kier molecular flexibility index (Phi) is 4.63. The summed E-state index contributed by atoms with van der Waals surface area (Å²) in [5.74, 6) is -0.237. The lowest BCUT2D eigenvalue weighted by Gasteiger charge is -2.05. The van der Waals surface area contributed by atoms with Gasteiger partial charge in [-0.1, -0.05) is 5.57 Å². The molecule has 5 nitrogen and oxygen atoms in total. The van der Waals surface area contributed by atoms with Crippen LogP contribution in [0.4, 0.5) is 5.69 Å². The molecule has 0 aliphatic rings.